The van der Waals surface area contributed by atoms with Gasteiger partial charge in [-0.3, -0.25) is 0 Å². The number of likely N-dealkylation sites (N-methyl/N-ethyl adjacent to an activating group) is 1. The van der Waals surface area contributed by atoms with Gasteiger partial charge in [0.15, 0.2) is 0 Å². The van der Waals surface area contributed by atoms with E-state index < -0.39 is 0 Å². The highest BCUT2D eigenvalue weighted by Crippen LogP contribution is 2.21. The second-order valence-corrected chi connectivity index (χ2v) is 4.73. The van der Waals surface area contributed by atoms with Crippen LogP contribution in [-0.4, -0.2) is 49.2 Å². The summed E-state index contributed by atoms with van der Waals surface area (Å²) in [6.45, 7) is 8.62. The Hall–Kier alpha value is -1.29. The maximum Gasteiger partial charge on any atom is 0.127 e. The van der Waals surface area contributed by atoms with E-state index in [-0.39, 0.29) is 0 Å². The molecular weight excluding hydrogens is 212 g/mol. The van der Waals surface area contributed by atoms with Crippen LogP contribution in [0.5, 0.6) is 0 Å². The lowest BCUT2D eigenvalue weighted by molar-refractivity contribution is 0.275. The molecule has 1 unspecified atom stereocenters. The molecular formula is C13H22N4. The molecule has 1 aliphatic rings. The van der Waals surface area contributed by atoms with Gasteiger partial charge in [0.1, 0.15) is 5.82 Å². The van der Waals surface area contributed by atoms with Gasteiger partial charge >= 0.3 is 0 Å². The highest BCUT2D eigenvalue weighted by molar-refractivity contribution is 5.54. The van der Waals surface area contributed by atoms with Gasteiger partial charge in [-0.05, 0) is 27.0 Å². The molecule has 2 rings (SSSR count). The minimum atomic E-state index is 0.561. The van der Waals surface area contributed by atoms with Gasteiger partial charge in [0.05, 0.1) is 0 Å². The summed E-state index contributed by atoms with van der Waals surface area (Å²) in [5, 5.41) is 3.26. The van der Waals surface area contributed by atoms with Crippen molar-refractivity contribution in [3.8, 4) is 0 Å². The summed E-state index contributed by atoms with van der Waals surface area (Å²) < 4.78 is 0. The molecule has 0 saturated carbocycles. The Morgan fingerprint density at radius 2 is 2.29 bits per heavy atom. The third-order valence-electron chi connectivity index (χ3n) is 3.26. The number of pyridine rings is 1. The number of piperazine rings is 1. The van der Waals surface area contributed by atoms with Crippen molar-refractivity contribution in [2.45, 2.75) is 19.9 Å². The van der Waals surface area contributed by atoms with Crippen molar-refractivity contribution in [1.29, 1.82) is 0 Å². The Morgan fingerprint density at radius 1 is 1.47 bits per heavy atom. The Labute approximate surface area is 104 Å². The molecule has 0 bridgehead atoms. The van der Waals surface area contributed by atoms with E-state index in [1.54, 1.807) is 0 Å². The van der Waals surface area contributed by atoms with E-state index in [9.17, 15) is 0 Å². The highest BCUT2D eigenvalue weighted by Gasteiger charge is 2.21. The summed E-state index contributed by atoms with van der Waals surface area (Å²) in [7, 11) is 2.18. The van der Waals surface area contributed by atoms with Crippen LogP contribution in [0.15, 0.2) is 18.3 Å². The number of aromatic nitrogens is 1. The lowest BCUT2D eigenvalue weighted by Crippen LogP contribution is -2.50. The van der Waals surface area contributed by atoms with Crippen LogP contribution >= 0.6 is 0 Å². The molecule has 1 aromatic heterocycles. The first kappa shape index (κ1) is 12.2. The molecule has 0 aromatic carbocycles. The minimum absolute atomic E-state index is 0.561. The molecule has 94 valence electrons. The van der Waals surface area contributed by atoms with Crippen molar-refractivity contribution >= 4 is 11.5 Å². The molecule has 1 aromatic rings. The van der Waals surface area contributed by atoms with E-state index in [2.05, 4.69) is 53.1 Å². The van der Waals surface area contributed by atoms with Crippen LogP contribution in [0, 0.1) is 0 Å². The zero-order chi connectivity index (χ0) is 12.3. The van der Waals surface area contributed by atoms with Gasteiger partial charge in [-0.15, -0.1) is 0 Å². The Morgan fingerprint density at radius 3 is 3.00 bits per heavy atom. The average molecular weight is 234 g/mol. The SMILES string of the molecule is CCNc1cc(N2CCN(C)CC2C)ccn1. The maximum absolute atomic E-state index is 4.32. The molecule has 17 heavy (non-hydrogen) atoms. The number of anilines is 2. The molecule has 1 fully saturated rings. The normalized spacial score (nSPS) is 21.6. The van der Waals surface area contributed by atoms with Crippen LogP contribution in [0.3, 0.4) is 0 Å². The summed E-state index contributed by atoms with van der Waals surface area (Å²) in [5.74, 6) is 0.969. The van der Waals surface area contributed by atoms with Crippen LogP contribution < -0.4 is 10.2 Å². The largest absolute Gasteiger partial charge is 0.370 e. The molecule has 1 N–H and O–H groups in total. The molecule has 1 saturated heterocycles. The Bertz CT molecular complexity index is 366. The van der Waals surface area contributed by atoms with Crippen LogP contribution in [0.2, 0.25) is 0 Å². The highest BCUT2D eigenvalue weighted by atomic mass is 15.3. The van der Waals surface area contributed by atoms with Crippen molar-refractivity contribution < 1.29 is 0 Å². The van der Waals surface area contributed by atoms with Gasteiger partial charge < -0.3 is 15.1 Å². The first-order chi connectivity index (χ1) is 8.20. The number of hydrogen-bond donors (Lipinski definition) is 1. The first-order valence-electron chi connectivity index (χ1n) is 6.36. The molecule has 0 spiro atoms. The first-order valence-corrected chi connectivity index (χ1v) is 6.36. The van der Waals surface area contributed by atoms with E-state index in [4.69, 9.17) is 0 Å². The molecule has 2 heterocycles. The van der Waals surface area contributed by atoms with Crippen molar-refractivity contribution in [2.75, 3.05) is 43.4 Å². The van der Waals surface area contributed by atoms with Gasteiger partial charge in [0.25, 0.3) is 0 Å². The van der Waals surface area contributed by atoms with E-state index in [0.717, 1.165) is 32.0 Å². The summed E-state index contributed by atoms with van der Waals surface area (Å²) in [6, 6.07) is 4.80. The fourth-order valence-electron chi connectivity index (χ4n) is 2.40. The lowest BCUT2D eigenvalue weighted by atomic mass is 10.1. The summed E-state index contributed by atoms with van der Waals surface area (Å²) in [4.78, 5) is 9.16. The predicted molar refractivity (Wildman–Crippen MR) is 72.7 cm³/mol. The quantitative estimate of drug-likeness (QED) is 0.862. The van der Waals surface area contributed by atoms with Gasteiger partial charge in [0, 0.05) is 50.2 Å². The smallest absolute Gasteiger partial charge is 0.127 e. The Balaban J connectivity index is 2.13. The molecule has 1 atom stereocenters. The third-order valence-corrected chi connectivity index (χ3v) is 3.26. The third kappa shape index (κ3) is 2.88. The number of nitrogens with zero attached hydrogens (tertiary/aromatic N) is 3. The van der Waals surface area contributed by atoms with Crippen LogP contribution in [-0.2, 0) is 0 Å². The minimum Gasteiger partial charge on any atom is -0.370 e. The van der Waals surface area contributed by atoms with E-state index in [1.807, 2.05) is 6.20 Å². The second-order valence-electron chi connectivity index (χ2n) is 4.73. The number of hydrogen-bond acceptors (Lipinski definition) is 4. The second kappa shape index (κ2) is 5.36. The van der Waals surface area contributed by atoms with Crippen molar-refractivity contribution in [3.63, 3.8) is 0 Å². The summed E-state index contributed by atoms with van der Waals surface area (Å²) in [6.07, 6.45) is 1.89. The molecule has 4 nitrogen and oxygen atoms in total. The van der Waals surface area contributed by atoms with Crippen molar-refractivity contribution in [3.05, 3.63) is 18.3 Å². The molecule has 1 aliphatic heterocycles. The Kier molecular flexibility index (Phi) is 3.84. The predicted octanol–water partition coefficient (Wildman–Crippen LogP) is 1.65. The van der Waals surface area contributed by atoms with Gasteiger partial charge in [-0.2, -0.15) is 0 Å². The zero-order valence-corrected chi connectivity index (χ0v) is 11.0. The van der Waals surface area contributed by atoms with Crippen molar-refractivity contribution in [1.82, 2.24) is 9.88 Å². The number of nitrogens with one attached hydrogen (secondary N) is 1. The van der Waals surface area contributed by atoms with E-state index in [1.165, 1.54) is 5.69 Å². The van der Waals surface area contributed by atoms with Crippen LogP contribution in [0.1, 0.15) is 13.8 Å². The fraction of sp³-hybridized carbons (Fsp3) is 0.615. The number of rotatable bonds is 3. The standard InChI is InChI=1S/C13H22N4/c1-4-14-13-9-12(5-6-15-13)17-8-7-16(3)10-11(17)2/h5-6,9,11H,4,7-8,10H2,1-3H3,(H,14,15). The van der Waals surface area contributed by atoms with Gasteiger partial charge in [-0.1, -0.05) is 0 Å². The van der Waals surface area contributed by atoms with Crippen LogP contribution in [0.25, 0.3) is 0 Å². The van der Waals surface area contributed by atoms with Gasteiger partial charge in [0.2, 0.25) is 0 Å². The van der Waals surface area contributed by atoms with E-state index in [0.29, 0.717) is 6.04 Å². The monoisotopic (exact) mass is 234 g/mol. The van der Waals surface area contributed by atoms with Gasteiger partial charge in [-0.25, -0.2) is 4.98 Å². The average Bonchev–Trinajstić information content (AvgIpc) is 2.29. The molecule has 0 aliphatic carbocycles. The maximum atomic E-state index is 4.32. The fourth-order valence-corrected chi connectivity index (χ4v) is 2.40. The molecule has 4 heteroatoms. The van der Waals surface area contributed by atoms with Crippen molar-refractivity contribution in [2.24, 2.45) is 0 Å². The topological polar surface area (TPSA) is 31.4 Å². The van der Waals surface area contributed by atoms with Crippen LogP contribution in [0.4, 0.5) is 11.5 Å². The zero-order valence-electron chi connectivity index (χ0n) is 11.0. The van der Waals surface area contributed by atoms with E-state index >= 15 is 0 Å². The molecule has 0 amide bonds. The lowest BCUT2D eigenvalue weighted by Gasteiger charge is -2.39. The molecule has 0 radical (unpaired) electrons. The summed E-state index contributed by atoms with van der Waals surface area (Å²) in [5.41, 5.74) is 1.27. The summed E-state index contributed by atoms with van der Waals surface area (Å²) >= 11 is 0.